The molecule has 0 aliphatic heterocycles. The summed E-state index contributed by atoms with van der Waals surface area (Å²) in [6.45, 7) is 5.51. The molecule has 1 N–H and O–H groups in total. The monoisotopic (exact) mass is 345 g/mol. The molecule has 0 bridgehead atoms. The van der Waals surface area contributed by atoms with Crippen LogP contribution in [0, 0.1) is 6.92 Å². The maximum absolute atomic E-state index is 12.0. The first-order valence-corrected chi connectivity index (χ1v) is 7.88. The van der Waals surface area contributed by atoms with Gasteiger partial charge in [-0.1, -0.05) is 29.8 Å². The zero-order chi connectivity index (χ0) is 17.5. The minimum atomic E-state index is -0.294. The molecule has 0 saturated heterocycles. The Hall–Kier alpha value is -2.46. The molecule has 5 heteroatoms. The van der Waals surface area contributed by atoms with E-state index in [0.29, 0.717) is 22.2 Å². The second-order valence-electron chi connectivity index (χ2n) is 5.30. The van der Waals surface area contributed by atoms with Crippen molar-refractivity contribution in [2.24, 2.45) is 0 Å². The second-order valence-corrected chi connectivity index (χ2v) is 5.71. The largest absolute Gasteiger partial charge is 0.493 e. The highest BCUT2D eigenvalue weighted by molar-refractivity contribution is 6.33. The minimum Gasteiger partial charge on any atom is -0.493 e. The summed E-state index contributed by atoms with van der Waals surface area (Å²) < 4.78 is 10.9. The number of nitrogens with one attached hydrogen (secondary N) is 1. The Labute approximate surface area is 147 Å². The first-order chi connectivity index (χ1) is 11.5. The van der Waals surface area contributed by atoms with Crippen LogP contribution in [0.15, 0.2) is 49.1 Å². The summed E-state index contributed by atoms with van der Waals surface area (Å²) in [5, 5.41) is 3.22. The van der Waals surface area contributed by atoms with Gasteiger partial charge in [0.2, 0.25) is 0 Å². The Morgan fingerprint density at radius 2 is 2.04 bits per heavy atom. The third-order valence-electron chi connectivity index (χ3n) is 3.37. The summed E-state index contributed by atoms with van der Waals surface area (Å²) in [7, 11) is 1.56. The molecular weight excluding hydrogens is 326 g/mol. The minimum absolute atomic E-state index is 0.138. The van der Waals surface area contributed by atoms with Crippen molar-refractivity contribution in [3.05, 3.63) is 65.2 Å². The average Bonchev–Trinajstić information content (AvgIpc) is 2.56. The van der Waals surface area contributed by atoms with E-state index in [1.807, 2.05) is 31.2 Å². The summed E-state index contributed by atoms with van der Waals surface area (Å²) in [4.78, 5) is 12.0. The van der Waals surface area contributed by atoms with Gasteiger partial charge in [-0.15, -0.1) is 6.58 Å². The van der Waals surface area contributed by atoms with Crippen molar-refractivity contribution in [3.63, 3.8) is 0 Å². The van der Waals surface area contributed by atoms with Gasteiger partial charge in [-0.05, 0) is 48.7 Å². The molecule has 0 saturated carbocycles. The molecular formula is C19H20ClNO3. The molecule has 4 nitrogen and oxygen atoms in total. The summed E-state index contributed by atoms with van der Waals surface area (Å²) >= 11 is 6.10. The molecule has 0 spiro atoms. The predicted octanol–water partition coefficient (Wildman–Crippen LogP) is 4.40. The van der Waals surface area contributed by atoms with Crippen LogP contribution in [0.4, 0.5) is 5.69 Å². The van der Waals surface area contributed by atoms with Crippen molar-refractivity contribution in [2.45, 2.75) is 13.3 Å². The fourth-order valence-corrected chi connectivity index (χ4v) is 2.46. The van der Waals surface area contributed by atoms with E-state index in [2.05, 4.69) is 11.9 Å². The molecule has 2 rings (SSSR count). The van der Waals surface area contributed by atoms with Gasteiger partial charge in [0.05, 0.1) is 17.8 Å². The number of halogens is 1. The number of aryl methyl sites for hydroxylation is 1. The molecule has 0 unspecified atom stereocenters. The molecule has 0 aromatic heterocycles. The molecule has 0 aliphatic carbocycles. The Morgan fingerprint density at radius 1 is 1.25 bits per heavy atom. The number of hydrogen-bond donors (Lipinski definition) is 1. The molecule has 2 aromatic carbocycles. The van der Waals surface area contributed by atoms with Crippen LogP contribution < -0.4 is 14.8 Å². The van der Waals surface area contributed by atoms with E-state index in [-0.39, 0.29) is 12.5 Å². The van der Waals surface area contributed by atoms with E-state index in [1.54, 1.807) is 25.3 Å². The van der Waals surface area contributed by atoms with Crippen LogP contribution in [0.5, 0.6) is 11.5 Å². The number of anilines is 1. The van der Waals surface area contributed by atoms with Crippen LogP contribution in [0.2, 0.25) is 5.02 Å². The third kappa shape index (κ3) is 4.77. The molecule has 24 heavy (non-hydrogen) atoms. The number of carbonyl (C=O) groups excluding carboxylic acids is 1. The van der Waals surface area contributed by atoms with Gasteiger partial charge >= 0.3 is 0 Å². The maximum Gasteiger partial charge on any atom is 0.262 e. The van der Waals surface area contributed by atoms with Gasteiger partial charge < -0.3 is 14.8 Å². The van der Waals surface area contributed by atoms with Gasteiger partial charge in [0.15, 0.2) is 18.1 Å². The van der Waals surface area contributed by atoms with Gasteiger partial charge in [0.1, 0.15) is 0 Å². The average molecular weight is 346 g/mol. The molecule has 0 fully saturated rings. The molecule has 1 amide bonds. The molecule has 0 aliphatic rings. The number of hydrogen-bond acceptors (Lipinski definition) is 3. The quantitative estimate of drug-likeness (QED) is 0.756. The maximum atomic E-state index is 12.0. The highest BCUT2D eigenvalue weighted by Gasteiger charge is 2.10. The third-order valence-corrected chi connectivity index (χ3v) is 3.68. The topological polar surface area (TPSA) is 47.6 Å². The van der Waals surface area contributed by atoms with Crippen molar-refractivity contribution in [3.8, 4) is 11.5 Å². The van der Waals surface area contributed by atoms with Crippen molar-refractivity contribution in [2.75, 3.05) is 19.0 Å². The molecule has 0 atom stereocenters. The number of carbonyl (C=O) groups is 1. The standard InChI is InChI=1S/C19H20ClNO3/c1-4-5-14-7-9-17(18(11-14)23-3)24-12-19(22)21-16-8-6-13(2)10-15(16)20/h4,6-11H,1,5,12H2,2-3H3,(H,21,22). The summed E-state index contributed by atoms with van der Waals surface area (Å²) in [5.74, 6) is 0.795. The molecule has 126 valence electrons. The Bertz CT molecular complexity index is 743. The van der Waals surface area contributed by atoms with Gasteiger partial charge in [0, 0.05) is 0 Å². The number of allylic oxidation sites excluding steroid dienone is 1. The molecule has 0 radical (unpaired) electrons. The highest BCUT2D eigenvalue weighted by Crippen LogP contribution is 2.28. The summed E-state index contributed by atoms with van der Waals surface area (Å²) in [5.41, 5.74) is 2.65. The van der Waals surface area contributed by atoms with Gasteiger partial charge in [0.25, 0.3) is 5.91 Å². The van der Waals surface area contributed by atoms with Crippen LogP contribution in [-0.4, -0.2) is 19.6 Å². The van der Waals surface area contributed by atoms with Crippen LogP contribution in [0.25, 0.3) is 0 Å². The van der Waals surface area contributed by atoms with Crippen LogP contribution in [0.3, 0.4) is 0 Å². The normalized spacial score (nSPS) is 10.1. The van der Waals surface area contributed by atoms with Crippen molar-refractivity contribution in [1.29, 1.82) is 0 Å². The Morgan fingerprint density at radius 3 is 2.71 bits per heavy atom. The zero-order valence-electron chi connectivity index (χ0n) is 13.8. The first-order valence-electron chi connectivity index (χ1n) is 7.50. The van der Waals surface area contributed by atoms with Crippen molar-refractivity contribution >= 4 is 23.2 Å². The van der Waals surface area contributed by atoms with Gasteiger partial charge in [-0.3, -0.25) is 4.79 Å². The molecule has 0 heterocycles. The Balaban J connectivity index is 1.99. The number of ether oxygens (including phenoxy) is 2. The highest BCUT2D eigenvalue weighted by atomic mass is 35.5. The van der Waals surface area contributed by atoms with Gasteiger partial charge in [-0.2, -0.15) is 0 Å². The second kappa shape index (κ2) is 8.41. The first kappa shape index (κ1) is 17.9. The van der Waals surface area contributed by atoms with E-state index < -0.39 is 0 Å². The van der Waals surface area contributed by atoms with E-state index in [9.17, 15) is 4.79 Å². The smallest absolute Gasteiger partial charge is 0.262 e. The van der Waals surface area contributed by atoms with E-state index in [0.717, 1.165) is 17.5 Å². The lowest BCUT2D eigenvalue weighted by Gasteiger charge is -2.12. The lowest BCUT2D eigenvalue weighted by molar-refractivity contribution is -0.118. The summed E-state index contributed by atoms with van der Waals surface area (Å²) in [6, 6.07) is 11.0. The van der Waals surface area contributed by atoms with E-state index >= 15 is 0 Å². The number of methoxy groups -OCH3 is 1. The number of benzene rings is 2. The lowest BCUT2D eigenvalue weighted by atomic mass is 10.1. The van der Waals surface area contributed by atoms with Crippen LogP contribution in [0.1, 0.15) is 11.1 Å². The number of amides is 1. The lowest BCUT2D eigenvalue weighted by Crippen LogP contribution is -2.20. The Kier molecular flexibility index (Phi) is 6.27. The fraction of sp³-hybridized carbons (Fsp3) is 0.211. The van der Waals surface area contributed by atoms with Crippen molar-refractivity contribution in [1.82, 2.24) is 0 Å². The van der Waals surface area contributed by atoms with Crippen LogP contribution >= 0.6 is 11.6 Å². The van der Waals surface area contributed by atoms with Gasteiger partial charge in [-0.25, -0.2) is 0 Å². The van der Waals surface area contributed by atoms with E-state index in [4.69, 9.17) is 21.1 Å². The summed E-state index contributed by atoms with van der Waals surface area (Å²) in [6.07, 6.45) is 2.55. The van der Waals surface area contributed by atoms with Crippen molar-refractivity contribution < 1.29 is 14.3 Å². The zero-order valence-corrected chi connectivity index (χ0v) is 14.5. The predicted molar refractivity (Wildman–Crippen MR) is 97.2 cm³/mol. The van der Waals surface area contributed by atoms with Crippen LogP contribution in [-0.2, 0) is 11.2 Å². The molecule has 2 aromatic rings. The fourth-order valence-electron chi connectivity index (χ4n) is 2.18. The van der Waals surface area contributed by atoms with E-state index in [1.165, 1.54) is 0 Å². The number of rotatable bonds is 7. The SMILES string of the molecule is C=CCc1ccc(OCC(=O)Nc2ccc(C)cc2Cl)c(OC)c1.